The predicted molar refractivity (Wildman–Crippen MR) is 124 cm³/mol. The number of ether oxygens (including phenoxy) is 1. The average molecular weight is 551 g/mol. The van der Waals surface area contributed by atoms with Crippen molar-refractivity contribution >= 4 is 45.6 Å². The molecule has 2 N–H and O–H groups in total. The Morgan fingerprint density at radius 1 is 1.12 bits per heavy atom. The molecule has 0 aliphatic heterocycles. The van der Waals surface area contributed by atoms with E-state index in [1.807, 2.05) is 12.1 Å². The highest BCUT2D eigenvalue weighted by molar-refractivity contribution is 9.10. The number of carboxylic acid groups (broad SMARTS) is 1. The minimum atomic E-state index is -4.44. The van der Waals surface area contributed by atoms with E-state index in [0.29, 0.717) is 45.1 Å². The predicted octanol–water partition coefficient (Wildman–Crippen LogP) is 6.76. The van der Waals surface area contributed by atoms with Gasteiger partial charge >= 0.3 is 12.1 Å². The van der Waals surface area contributed by atoms with E-state index < -0.39 is 17.0 Å². The van der Waals surface area contributed by atoms with E-state index in [1.54, 1.807) is 36.4 Å². The van der Waals surface area contributed by atoms with Gasteiger partial charge in [0.15, 0.2) is 0 Å². The SMILES string of the molecule is Cl.O=C(O)CCNCc1ccc(OCc2cc(-c3ccccc3)c(C(F)(F)F)s2)c(Br)c1. The molecule has 0 saturated heterocycles. The maximum atomic E-state index is 13.5. The first-order valence-electron chi connectivity index (χ1n) is 9.33. The van der Waals surface area contributed by atoms with Crippen LogP contribution in [-0.4, -0.2) is 17.6 Å². The molecular formula is C22H20BrClF3NO3S. The van der Waals surface area contributed by atoms with E-state index >= 15 is 0 Å². The highest BCUT2D eigenvalue weighted by atomic mass is 79.9. The van der Waals surface area contributed by atoms with Crippen molar-refractivity contribution in [2.45, 2.75) is 25.7 Å². The number of carbonyl (C=O) groups is 1. The van der Waals surface area contributed by atoms with Crippen LogP contribution >= 0.6 is 39.7 Å². The van der Waals surface area contributed by atoms with Crippen LogP contribution < -0.4 is 10.1 Å². The van der Waals surface area contributed by atoms with Gasteiger partial charge in [-0.25, -0.2) is 0 Å². The smallest absolute Gasteiger partial charge is 0.426 e. The average Bonchev–Trinajstić information content (AvgIpc) is 3.16. The van der Waals surface area contributed by atoms with Crippen LogP contribution in [0, 0.1) is 0 Å². The number of hydrogen-bond donors (Lipinski definition) is 2. The molecule has 2 aromatic carbocycles. The lowest BCUT2D eigenvalue weighted by Crippen LogP contribution is -2.17. The van der Waals surface area contributed by atoms with Crippen molar-refractivity contribution in [1.29, 1.82) is 0 Å². The number of alkyl halides is 3. The van der Waals surface area contributed by atoms with E-state index in [4.69, 9.17) is 9.84 Å². The lowest BCUT2D eigenvalue weighted by Gasteiger charge is -2.10. The zero-order valence-electron chi connectivity index (χ0n) is 16.6. The van der Waals surface area contributed by atoms with E-state index in [1.165, 1.54) is 6.07 Å². The summed E-state index contributed by atoms with van der Waals surface area (Å²) in [7, 11) is 0. The van der Waals surface area contributed by atoms with Crippen LogP contribution in [0.3, 0.4) is 0 Å². The number of nitrogens with one attached hydrogen (secondary N) is 1. The molecule has 1 aromatic heterocycles. The third-order valence-electron chi connectivity index (χ3n) is 4.34. The molecule has 172 valence electrons. The Bertz CT molecular complexity index is 1040. The Kier molecular flexibility index (Phi) is 9.57. The molecule has 3 rings (SSSR count). The Labute approximate surface area is 202 Å². The van der Waals surface area contributed by atoms with Gasteiger partial charge in [0, 0.05) is 23.5 Å². The fourth-order valence-corrected chi connectivity index (χ4v) is 4.40. The second-order valence-corrected chi connectivity index (χ2v) is 8.68. The lowest BCUT2D eigenvalue weighted by atomic mass is 10.1. The fourth-order valence-electron chi connectivity index (χ4n) is 2.90. The van der Waals surface area contributed by atoms with Crippen LogP contribution in [-0.2, 0) is 24.1 Å². The lowest BCUT2D eigenvalue weighted by molar-refractivity contribution is -0.137. The molecule has 0 fully saturated rings. The molecule has 4 nitrogen and oxygen atoms in total. The van der Waals surface area contributed by atoms with Crippen LogP contribution in [0.2, 0.25) is 0 Å². The van der Waals surface area contributed by atoms with Crippen LogP contribution in [0.25, 0.3) is 11.1 Å². The van der Waals surface area contributed by atoms with E-state index in [-0.39, 0.29) is 31.0 Å². The van der Waals surface area contributed by atoms with Crippen LogP contribution in [0.15, 0.2) is 59.1 Å². The van der Waals surface area contributed by atoms with Gasteiger partial charge in [0.05, 0.1) is 10.9 Å². The van der Waals surface area contributed by atoms with Crippen LogP contribution in [0.1, 0.15) is 21.7 Å². The third-order valence-corrected chi connectivity index (χ3v) is 6.11. The van der Waals surface area contributed by atoms with Gasteiger partial charge in [-0.05, 0) is 45.3 Å². The maximum Gasteiger partial charge on any atom is 0.426 e. The summed E-state index contributed by atoms with van der Waals surface area (Å²) in [5.74, 6) is -0.354. The minimum absolute atomic E-state index is 0. The van der Waals surface area contributed by atoms with Gasteiger partial charge in [0.25, 0.3) is 0 Å². The van der Waals surface area contributed by atoms with Gasteiger partial charge in [-0.3, -0.25) is 4.79 Å². The first-order valence-corrected chi connectivity index (χ1v) is 10.9. The van der Waals surface area contributed by atoms with Gasteiger partial charge in [0.2, 0.25) is 0 Å². The highest BCUT2D eigenvalue weighted by Gasteiger charge is 2.36. The monoisotopic (exact) mass is 549 g/mol. The summed E-state index contributed by atoms with van der Waals surface area (Å²) in [6, 6.07) is 15.4. The largest absolute Gasteiger partial charge is 0.487 e. The second kappa shape index (κ2) is 11.7. The number of thiophene rings is 1. The van der Waals surface area contributed by atoms with Crippen molar-refractivity contribution in [2.24, 2.45) is 0 Å². The summed E-state index contributed by atoms with van der Waals surface area (Å²) in [5.41, 5.74) is 1.59. The van der Waals surface area contributed by atoms with E-state index in [0.717, 1.165) is 5.56 Å². The molecule has 0 spiro atoms. The topological polar surface area (TPSA) is 58.6 Å². The number of aliphatic carboxylic acids is 1. The summed E-state index contributed by atoms with van der Waals surface area (Å²) in [6.45, 7) is 0.858. The second-order valence-electron chi connectivity index (χ2n) is 6.69. The standard InChI is InChI=1S/C22H19BrF3NO3S.ClH/c23-18-10-14(12-27-9-8-20(28)29)6-7-19(18)30-13-16-11-17(15-4-2-1-3-5-15)21(31-16)22(24,25)26;/h1-7,10-11,27H,8-9,12-13H2,(H,28,29);1H. The van der Waals surface area contributed by atoms with Gasteiger partial charge in [-0.1, -0.05) is 36.4 Å². The summed E-state index contributed by atoms with van der Waals surface area (Å²) >= 11 is 4.10. The zero-order valence-corrected chi connectivity index (χ0v) is 19.8. The molecule has 0 aliphatic rings. The van der Waals surface area contributed by atoms with Crippen LogP contribution in [0.4, 0.5) is 13.2 Å². The number of hydrogen-bond acceptors (Lipinski definition) is 4. The minimum Gasteiger partial charge on any atom is -0.487 e. The first kappa shape index (κ1) is 26.2. The molecule has 0 amide bonds. The quantitative estimate of drug-likeness (QED) is 0.289. The van der Waals surface area contributed by atoms with Crippen molar-refractivity contribution in [1.82, 2.24) is 5.32 Å². The van der Waals surface area contributed by atoms with E-state index in [2.05, 4.69) is 21.2 Å². The number of carboxylic acids is 1. The first-order chi connectivity index (χ1) is 14.7. The number of halogens is 5. The molecule has 1 heterocycles. The van der Waals surface area contributed by atoms with Crippen molar-refractivity contribution in [3.63, 3.8) is 0 Å². The molecule has 0 unspecified atom stereocenters. The molecule has 0 atom stereocenters. The molecule has 0 saturated carbocycles. The fraction of sp³-hybridized carbons (Fsp3) is 0.227. The van der Waals surface area contributed by atoms with Crippen molar-refractivity contribution in [2.75, 3.05) is 6.54 Å². The highest BCUT2D eigenvalue weighted by Crippen LogP contribution is 2.43. The van der Waals surface area contributed by atoms with E-state index in [9.17, 15) is 18.0 Å². The van der Waals surface area contributed by atoms with Gasteiger partial charge < -0.3 is 15.2 Å². The van der Waals surface area contributed by atoms with Gasteiger partial charge in [-0.15, -0.1) is 23.7 Å². The maximum absolute atomic E-state index is 13.5. The Balaban J connectivity index is 0.00000363. The Morgan fingerprint density at radius 2 is 1.84 bits per heavy atom. The molecule has 10 heteroatoms. The summed E-state index contributed by atoms with van der Waals surface area (Å²) in [5, 5.41) is 11.7. The molecule has 0 radical (unpaired) electrons. The molecule has 0 bridgehead atoms. The Hall–Kier alpha value is -2.07. The number of rotatable bonds is 9. The normalized spacial score (nSPS) is 11.1. The van der Waals surface area contributed by atoms with Crippen molar-refractivity contribution < 1.29 is 27.8 Å². The van der Waals surface area contributed by atoms with Crippen molar-refractivity contribution in [3.05, 3.63) is 74.4 Å². The molecular weight excluding hydrogens is 531 g/mol. The third kappa shape index (κ3) is 7.23. The van der Waals surface area contributed by atoms with Crippen LogP contribution in [0.5, 0.6) is 5.75 Å². The summed E-state index contributed by atoms with van der Waals surface area (Å²) in [4.78, 5) is 10.4. The summed E-state index contributed by atoms with van der Waals surface area (Å²) < 4.78 is 47.0. The zero-order chi connectivity index (χ0) is 22.4. The Morgan fingerprint density at radius 3 is 2.47 bits per heavy atom. The molecule has 0 aliphatic carbocycles. The van der Waals surface area contributed by atoms with Gasteiger partial charge in [0.1, 0.15) is 17.2 Å². The summed E-state index contributed by atoms with van der Waals surface area (Å²) in [6.07, 6.45) is -4.40. The molecule has 32 heavy (non-hydrogen) atoms. The number of benzene rings is 2. The van der Waals surface area contributed by atoms with Gasteiger partial charge in [-0.2, -0.15) is 13.2 Å². The molecule has 3 aromatic rings. The van der Waals surface area contributed by atoms with Crippen molar-refractivity contribution in [3.8, 4) is 16.9 Å².